The first-order valence-corrected chi connectivity index (χ1v) is 9.77. The first-order chi connectivity index (χ1) is 12.7. The first kappa shape index (κ1) is 15.8. The highest BCUT2D eigenvalue weighted by Crippen LogP contribution is 2.39. The van der Waals surface area contributed by atoms with Crippen LogP contribution >= 0.6 is 27.3 Å². The lowest BCUT2D eigenvalue weighted by Crippen LogP contribution is -2.19. The number of anilines is 1. The molecule has 2 aromatic carbocycles. The van der Waals surface area contributed by atoms with Crippen LogP contribution in [0.15, 0.2) is 70.5 Å². The average Bonchev–Trinajstić information content (AvgIpc) is 3.24. The van der Waals surface area contributed by atoms with E-state index in [1.165, 1.54) is 6.07 Å². The number of para-hydroxylation sites is 2. The van der Waals surface area contributed by atoms with Gasteiger partial charge in [-0.15, -0.1) is 11.3 Å². The van der Waals surface area contributed by atoms with Gasteiger partial charge < -0.3 is 5.32 Å². The number of thiophene rings is 1. The van der Waals surface area contributed by atoms with Gasteiger partial charge in [-0.05, 0) is 52.3 Å². The van der Waals surface area contributed by atoms with Crippen LogP contribution in [-0.2, 0) is 0 Å². The lowest BCUT2D eigenvalue weighted by Gasteiger charge is -2.26. The van der Waals surface area contributed by atoms with Gasteiger partial charge in [0.05, 0.1) is 31.4 Å². The van der Waals surface area contributed by atoms with Gasteiger partial charge >= 0.3 is 0 Å². The summed E-state index contributed by atoms with van der Waals surface area (Å²) in [5.41, 5.74) is 3.44. The van der Waals surface area contributed by atoms with Crippen LogP contribution in [0.3, 0.4) is 0 Å². The predicted molar refractivity (Wildman–Crippen MR) is 108 cm³/mol. The summed E-state index contributed by atoms with van der Waals surface area (Å²) in [6.45, 7) is 0. The number of imidazole rings is 1. The van der Waals surface area contributed by atoms with Gasteiger partial charge in [0.15, 0.2) is 0 Å². The van der Waals surface area contributed by atoms with Crippen molar-refractivity contribution in [1.29, 1.82) is 0 Å². The Morgan fingerprint density at radius 1 is 1.04 bits per heavy atom. The summed E-state index contributed by atoms with van der Waals surface area (Å²) in [6.07, 6.45) is 2.07. The largest absolute Gasteiger partial charge is 0.324 e. The zero-order valence-corrected chi connectivity index (χ0v) is 15.9. The molecule has 0 spiro atoms. The monoisotopic (exact) mass is 425 g/mol. The second kappa shape index (κ2) is 6.07. The smallest absolute Gasteiger partial charge is 0.209 e. The normalized spacial score (nSPS) is 16.2. The summed E-state index contributed by atoms with van der Waals surface area (Å²) in [7, 11) is 0. The molecular formula is C20H13BrFN3S. The van der Waals surface area contributed by atoms with E-state index in [2.05, 4.69) is 31.9 Å². The number of nitrogens with one attached hydrogen (secondary N) is 1. The van der Waals surface area contributed by atoms with E-state index in [1.54, 1.807) is 17.4 Å². The molecule has 0 bridgehead atoms. The van der Waals surface area contributed by atoms with Crippen molar-refractivity contribution in [2.75, 3.05) is 5.32 Å². The van der Waals surface area contributed by atoms with Crippen molar-refractivity contribution < 1.29 is 4.39 Å². The number of nitrogens with zero attached hydrogens (tertiary/aromatic N) is 2. The fraction of sp³-hybridized carbons (Fsp3) is 0.0500. The number of hydrogen-bond acceptors (Lipinski definition) is 3. The lowest BCUT2D eigenvalue weighted by atomic mass is 10.0. The Morgan fingerprint density at radius 3 is 2.65 bits per heavy atom. The van der Waals surface area contributed by atoms with E-state index in [1.807, 2.05) is 48.5 Å². The molecule has 5 rings (SSSR count). The fourth-order valence-corrected chi connectivity index (χ4v) is 4.72. The minimum absolute atomic E-state index is 0.217. The molecule has 0 amide bonds. The SMILES string of the molecule is Fc1ccccc1[C@H]1C=C(c2ccc(Br)s2)Nc2nc3ccccc3n21. The van der Waals surface area contributed by atoms with Crippen LogP contribution in [-0.4, -0.2) is 9.55 Å². The highest BCUT2D eigenvalue weighted by Gasteiger charge is 2.27. The summed E-state index contributed by atoms with van der Waals surface area (Å²) in [5, 5.41) is 3.42. The molecule has 0 unspecified atom stereocenters. The maximum absolute atomic E-state index is 14.6. The molecule has 1 aliphatic rings. The molecule has 3 nitrogen and oxygen atoms in total. The Hall–Kier alpha value is -2.44. The van der Waals surface area contributed by atoms with Crippen LogP contribution in [0.2, 0.25) is 0 Å². The molecule has 0 saturated heterocycles. The Bertz CT molecular complexity index is 1160. The minimum atomic E-state index is -0.268. The summed E-state index contributed by atoms with van der Waals surface area (Å²) < 4.78 is 17.7. The standard InChI is InChI=1S/C20H13BrFN3S/c21-19-10-9-18(26-19)15-11-17(12-5-1-2-6-13(12)22)25-16-8-4-3-7-14(16)23-20(25)24-15/h1-11,17H,(H,23,24)/t17-/m1/s1. The topological polar surface area (TPSA) is 29.9 Å². The van der Waals surface area contributed by atoms with Gasteiger partial charge in [0.25, 0.3) is 0 Å². The number of fused-ring (bicyclic) bond motifs is 3. The van der Waals surface area contributed by atoms with Gasteiger partial charge in [-0.2, -0.15) is 0 Å². The fourth-order valence-electron chi connectivity index (χ4n) is 3.36. The highest BCUT2D eigenvalue weighted by atomic mass is 79.9. The van der Waals surface area contributed by atoms with E-state index in [9.17, 15) is 4.39 Å². The van der Waals surface area contributed by atoms with Gasteiger partial charge in [0.2, 0.25) is 5.95 Å². The third-order valence-corrected chi connectivity index (χ3v) is 6.16. The van der Waals surface area contributed by atoms with Crippen LogP contribution in [0.25, 0.3) is 16.7 Å². The van der Waals surface area contributed by atoms with Crippen molar-refractivity contribution >= 4 is 49.9 Å². The molecule has 3 heterocycles. The predicted octanol–water partition coefficient (Wildman–Crippen LogP) is 6.06. The van der Waals surface area contributed by atoms with E-state index < -0.39 is 0 Å². The van der Waals surface area contributed by atoms with Crippen molar-refractivity contribution in [2.24, 2.45) is 0 Å². The number of aromatic nitrogens is 2. The van der Waals surface area contributed by atoms with Gasteiger partial charge in [0.1, 0.15) is 5.82 Å². The Balaban J connectivity index is 1.76. The van der Waals surface area contributed by atoms with Gasteiger partial charge in [-0.3, -0.25) is 4.57 Å². The summed E-state index contributed by atoms with van der Waals surface area (Å²) in [6, 6.07) is 18.6. The lowest BCUT2D eigenvalue weighted by molar-refractivity contribution is 0.583. The molecule has 0 saturated carbocycles. The zero-order valence-electron chi connectivity index (χ0n) is 13.5. The molecule has 1 atom stereocenters. The molecular weight excluding hydrogens is 413 g/mol. The van der Waals surface area contributed by atoms with E-state index in [0.717, 1.165) is 31.3 Å². The van der Waals surface area contributed by atoms with E-state index in [-0.39, 0.29) is 11.9 Å². The molecule has 1 aliphatic heterocycles. The molecule has 0 aliphatic carbocycles. The number of halogens is 2. The zero-order chi connectivity index (χ0) is 17.7. The van der Waals surface area contributed by atoms with Gasteiger partial charge in [-0.25, -0.2) is 9.37 Å². The summed E-state index contributed by atoms with van der Waals surface area (Å²) in [5.74, 6) is 0.507. The maximum atomic E-state index is 14.6. The van der Waals surface area contributed by atoms with Crippen LogP contribution in [0, 0.1) is 5.82 Å². The number of benzene rings is 2. The number of allylic oxidation sites excluding steroid dienone is 1. The molecule has 2 aromatic heterocycles. The minimum Gasteiger partial charge on any atom is -0.324 e. The molecule has 128 valence electrons. The maximum Gasteiger partial charge on any atom is 0.209 e. The second-order valence-corrected chi connectivity index (χ2v) is 8.53. The van der Waals surface area contributed by atoms with Crippen molar-refractivity contribution in [3.05, 3.63) is 86.8 Å². The third kappa shape index (κ3) is 2.48. The third-order valence-electron chi connectivity index (χ3n) is 4.51. The molecule has 4 aromatic rings. The Kier molecular flexibility index (Phi) is 3.69. The van der Waals surface area contributed by atoms with Crippen LogP contribution < -0.4 is 5.32 Å². The average molecular weight is 426 g/mol. The molecule has 1 N–H and O–H groups in total. The molecule has 26 heavy (non-hydrogen) atoms. The molecule has 6 heteroatoms. The van der Waals surface area contributed by atoms with Gasteiger partial charge in [0, 0.05) is 5.56 Å². The molecule has 0 radical (unpaired) electrons. The Labute approximate surface area is 161 Å². The number of rotatable bonds is 2. The quantitative estimate of drug-likeness (QED) is 0.423. The second-order valence-electron chi connectivity index (χ2n) is 6.07. The van der Waals surface area contributed by atoms with Crippen molar-refractivity contribution in [1.82, 2.24) is 9.55 Å². The van der Waals surface area contributed by atoms with Gasteiger partial charge in [-0.1, -0.05) is 30.3 Å². The van der Waals surface area contributed by atoms with Crippen LogP contribution in [0.4, 0.5) is 10.3 Å². The Morgan fingerprint density at radius 2 is 1.85 bits per heavy atom. The van der Waals surface area contributed by atoms with Crippen molar-refractivity contribution in [3.8, 4) is 0 Å². The molecule has 0 fully saturated rings. The first-order valence-electron chi connectivity index (χ1n) is 8.16. The van der Waals surface area contributed by atoms with Crippen molar-refractivity contribution in [3.63, 3.8) is 0 Å². The van der Waals surface area contributed by atoms with E-state index >= 15 is 0 Å². The van der Waals surface area contributed by atoms with E-state index in [0.29, 0.717) is 5.56 Å². The van der Waals surface area contributed by atoms with Crippen LogP contribution in [0.1, 0.15) is 16.5 Å². The van der Waals surface area contributed by atoms with Crippen LogP contribution in [0.5, 0.6) is 0 Å². The highest BCUT2D eigenvalue weighted by molar-refractivity contribution is 9.11. The van der Waals surface area contributed by atoms with Crippen molar-refractivity contribution in [2.45, 2.75) is 6.04 Å². The number of hydrogen-bond donors (Lipinski definition) is 1. The van der Waals surface area contributed by atoms with E-state index in [4.69, 9.17) is 4.98 Å². The summed E-state index contributed by atoms with van der Waals surface area (Å²) >= 11 is 5.15. The summed E-state index contributed by atoms with van der Waals surface area (Å²) in [4.78, 5) is 5.80.